The third-order valence-corrected chi connectivity index (χ3v) is 9.92. The third-order valence-electron chi connectivity index (χ3n) is 9.92. The van der Waals surface area contributed by atoms with Crippen molar-refractivity contribution in [2.24, 2.45) is 0 Å². The highest BCUT2D eigenvalue weighted by molar-refractivity contribution is 5.76. The van der Waals surface area contributed by atoms with Crippen molar-refractivity contribution >= 4 is 11.8 Å². The first-order chi connectivity index (χ1) is 24.2. The first-order valence-corrected chi connectivity index (χ1v) is 16.4. The molecule has 2 aromatic carbocycles. The van der Waals surface area contributed by atoms with E-state index < -0.39 is 120 Å². The number of benzene rings is 2. The maximum absolute atomic E-state index is 14.3. The summed E-state index contributed by atoms with van der Waals surface area (Å²) in [6, 6.07) is -0.676. The van der Waals surface area contributed by atoms with Crippen LogP contribution in [0.5, 0.6) is 0 Å². The Bertz CT molecular complexity index is 1680. The van der Waals surface area contributed by atoms with Crippen molar-refractivity contribution in [2.75, 3.05) is 13.6 Å². The molecule has 20 heteroatoms. The van der Waals surface area contributed by atoms with Crippen molar-refractivity contribution in [1.82, 2.24) is 14.7 Å². The molecule has 0 aliphatic carbocycles. The van der Waals surface area contributed by atoms with E-state index in [4.69, 9.17) is 0 Å². The summed E-state index contributed by atoms with van der Waals surface area (Å²) in [5.41, 5.74) is -10.3. The molecular formula is C34H44F7N3O10. The van der Waals surface area contributed by atoms with Gasteiger partial charge in [-0.3, -0.25) is 4.90 Å². The first-order valence-electron chi connectivity index (χ1n) is 16.4. The lowest BCUT2D eigenvalue weighted by Crippen LogP contribution is -2.77. The van der Waals surface area contributed by atoms with Gasteiger partial charge in [-0.15, -0.1) is 0 Å². The van der Waals surface area contributed by atoms with Crippen LogP contribution >= 0.6 is 0 Å². The number of rotatable bonds is 11. The second-order valence-corrected chi connectivity index (χ2v) is 14.1. The quantitative estimate of drug-likeness (QED) is 0.123. The van der Waals surface area contributed by atoms with Gasteiger partial charge in [0.25, 0.3) is 5.91 Å². The van der Waals surface area contributed by atoms with Crippen molar-refractivity contribution in [1.29, 1.82) is 0 Å². The van der Waals surface area contributed by atoms with Gasteiger partial charge < -0.3 is 50.5 Å². The fourth-order valence-corrected chi connectivity index (χ4v) is 6.37. The number of nitrogens with zero attached hydrogens (tertiary/aromatic N) is 3. The van der Waals surface area contributed by atoms with Crippen LogP contribution in [0.1, 0.15) is 87.2 Å². The molecule has 2 amide bonds. The molecule has 4 unspecified atom stereocenters. The normalized spacial score (nSPS) is 20.1. The number of Topliss-reactive ketones (excluding diaryl/α,β-unsaturated/α-hetero) is 1. The zero-order valence-electron chi connectivity index (χ0n) is 30.0. The highest BCUT2D eigenvalue weighted by atomic mass is 19.4. The monoisotopic (exact) mass is 787 g/mol. The number of carbonyl (C=O) groups excluding carboxylic acids is 2. The number of ketones is 1. The van der Waals surface area contributed by atoms with Crippen LogP contribution < -0.4 is 0 Å². The van der Waals surface area contributed by atoms with E-state index in [0.717, 1.165) is 37.9 Å². The number of hydrogen-bond acceptors (Lipinski definition) is 11. The number of aryl methyl sites for hydroxylation is 1. The predicted octanol–water partition coefficient (Wildman–Crippen LogP) is 2.99. The minimum Gasteiger partial charge on any atom is -0.370 e. The molecule has 13 nitrogen and oxygen atoms in total. The molecule has 1 aliphatic rings. The van der Waals surface area contributed by atoms with E-state index in [-0.39, 0.29) is 34.2 Å². The van der Waals surface area contributed by atoms with Gasteiger partial charge in [0, 0.05) is 38.0 Å². The standard InChI is InChI=1S/C34H44F7N3O10/c1-18-13-23(35)7-8-25(18)26-17-24(44(29(4,48)30(5,49)50)34(53,54)31(51,52)11-9-19(2)45)10-12-43(26)27(46)42(6)28(3,47)20-14-21(32(36,37)38)16-22(15-20)33(39,40)41/h7-8,13-16,24,26,47-54H,9-12,17H2,1-6H3. The largest absolute Gasteiger partial charge is 0.416 e. The summed E-state index contributed by atoms with van der Waals surface area (Å²) >= 11 is 0. The smallest absolute Gasteiger partial charge is 0.370 e. The molecule has 1 aliphatic heterocycles. The fourth-order valence-electron chi connectivity index (χ4n) is 6.37. The number of likely N-dealkylation sites (tertiary alicyclic amines) is 1. The molecule has 54 heavy (non-hydrogen) atoms. The summed E-state index contributed by atoms with van der Waals surface area (Å²) in [6.45, 7) is 3.96. The molecule has 3 rings (SSSR count). The zero-order chi connectivity index (χ0) is 41.8. The maximum atomic E-state index is 14.3. The second-order valence-electron chi connectivity index (χ2n) is 14.1. The van der Waals surface area contributed by atoms with Crippen molar-refractivity contribution in [3.63, 3.8) is 0 Å². The molecule has 1 saturated heterocycles. The summed E-state index contributed by atoms with van der Waals surface area (Å²) in [6.07, 6.45) is -13.4. The van der Waals surface area contributed by atoms with Crippen LogP contribution in [0.3, 0.4) is 0 Å². The highest BCUT2D eigenvalue weighted by Crippen LogP contribution is 2.45. The van der Waals surface area contributed by atoms with Gasteiger partial charge in [-0.1, -0.05) is 6.07 Å². The van der Waals surface area contributed by atoms with Crippen LogP contribution in [0, 0.1) is 12.7 Å². The number of urea groups is 1. The maximum Gasteiger partial charge on any atom is 0.416 e. The van der Waals surface area contributed by atoms with Crippen molar-refractivity contribution < 1.29 is 81.2 Å². The molecule has 0 spiro atoms. The Balaban J connectivity index is 2.20. The van der Waals surface area contributed by atoms with E-state index in [2.05, 4.69) is 0 Å². The van der Waals surface area contributed by atoms with Gasteiger partial charge >= 0.3 is 18.4 Å². The Morgan fingerprint density at radius 3 is 1.78 bits per heavy atom. The summed E-state index contributed by atoms with van der Waals surface area (Å²) < 4.78 is 96.3. The second kappa shape index (κ2) is 14.9. The molecule has 0 radical (unpaired) electrons. The summed E-state index contributed by atoms with van der Waals surface area (Å²) in [7, 11) is 0.879. The number of alkyl halides is 6. The van der Waals surface area contributed by atoms with Crippen LogP contribution in [0.2, 0.25) is 0 Å². The van der Waals surface area contributed by atoms with Crippen molar-refractivity contribution in [3.8, 4) is 0 Å². The summed E-state index contributed by atoms with van der Waals surface area (Å²) in [4.78, 5) is 27.4. The number of halogens is 7. The predicted molar refractivity (Wildman–Crippen MR) is 172 cm³/mol. The molecule has 304 valence electrons. The topological polar surface area (TPSA) is 206 Å². The molecule has 0 saturated carbocycles. The van der Waals surface area contributed by atoms with Crippen LogP contribution in [0.15, 0.2) is 36.4 Å². The molecule has 2 aromatic rings. The minimum absolute atomic E-state index is 0.119. The van der Waals surface area contributed by atoms with E-state index in [9.17, 15) is 81.2 Å². The number of aliphatic hydroxyl groups is 8. The molecule has 1 heterocycles. The average Bonchev–Trinajstić information content (AvgIpc) is 3.01. The Hall–Kier alpha value is -3.47. The Morgan fingerprint density at radius 2 is 1.33 bits per heavy atom. The van der Waals surface area contributed by atoms with E-state index >= 15 is 0 Å². The van der Waals surface area contributed by atoms with Crippen LogP contribution in [0.25, 0.3) is 0 Å². The minimum atomic E-state index is -5.30. The number of amides is 2. The Labute approximate surface area is 305 Å². The van der Waals surface area contributed by atoms with Gasteiger partial charge in [-0.2, -0.15) is 26.3 Å². The number of piperidine rings is 1. The lowest BCUT2D eigenvalue weighted by molar-refractivity contribution is -0.470. The summed E-state index contributed by atoms with van der Waals surface area (Å²) in [5, 5.41) is 88.3. The molecule has 0 aromatic heterocycles. The van der Waals surface area contributed by atoms with E-state index in [0.29, 0.717) is 18.7 Å². The van der Waals surface area contributed by atoms with Gasteiger partial charge in [0.1, 0.15) is 11.6 Å². The summed E-state index contributed by atoms with van der Waals surface area (Å²) in [5.74, 6) is -12.3. The van der Waals surface area contributed by atoms with Gasteiger partial charge in [-0.25, -0.2) is 14.1 Å². The van der Waals surface area contributed by atoms with Crippen molar-refractivity contribution in [2.45, 2.75) is 114 Å². The SMILES string of the molecule is CC(=O)CCC(O)(O)C(O)(O)N(C1CCN(C(=O)N(C)C(C)(O)c2cc(C(F)(F)F)cc(C(F)(F)F)c2)C(c2ccc(F)cc2C)C1)C(C)(O)C(C)(O)O. The van der Waals surface area contributed by atoms with E-state index in [1.165, 1.54) is 13.0 Å². The lowest BCUT2D eigenvalue weighted by atomic mass is 9.85. The Kier molecular flexibility index (Phi) is 12.4. The lowest BCUT2D eigenvalue weighted by Gasteiger charge is -2.56. The number of carbonyl (C=O) groups is 2. The van der Waals surface area contributed by atoms with Crippen LogP contribution in [-0.4, -0.2) is 110 Å². The molecular weight excluding hydrogens is 743 g/mol. The molecule has 8 N–H and O–H groups in total. The van der Waals surface area contributed by atoms with E-state index in [1.807, 2.05) is 0 Å². The van der Waals surface area contributed by atoms with Crippen molar-refractivity contribution in [3.05, 3.63) is 70.0 Å². The third kappa shape index (κ3) is 8.97. The molecule has 4 atom stereocenters. The van der Waals surface area contributed by atoms with E-state index in [1.54, 1.807) is 0 Å². The highest BCUT2D eigenvalue weighted by Gasteiger charge is 2.63. The van der Waals surface area contributed by atoms with Crippen LogP contribution in [-0.2, 0) is 22.9 Å². The molecule has 1 fully saturated rings. The van der Waals surface area contributed by atoms with Crippen LogP contribution in [0.4, 0.5) is 35.5 Å². The van der Waals surface area contributed by atoms with Gasteiger partial charge in [0.15, 0.2) is 11.4 Å². The average molecular weight is 788 g/mol. The number of hydrogen-bond donors (Lipinski definition) is 8. The van der Waals surface area contributed by atoms with Gasteiger partial charge in [0.2, 0.25) is 11.6 Å². The van der Waals surface area contributed by atoms with Gasteiger partial charge in [-0.05, 0) is 88.9 Å². The van der Waals surface area contributed by atoms with Gasteiger partial charge in [0.05, 0.1) is 17.2 Å². The first kappa shape index (κ1) is 44.9. The molecule has 0 bridgehead atoms. The Morgan fingerprint density at radius 1 is 0.833 bits per heavy atom. The fraction of sp³-hybridized carbons (Fsp3) is 0.588. The zero-order valence-corrected chi connectivity index (χ0v) is 30.0.